The highest BCUT2D eigenvalue weighted by atomic mass is 17.1. The first-order chi connectivity index (χ1) is 20.5. The normalized spacial score (nSPS) is 36.8. The van der Waals surface area contributed by atoms with Gasteiger partial charge < -0.3 is 16.2 Å². The Morgan fingerprint density at radius 2 is 1.70 bits per heavy atom. The molecular formula is C37H60N2O4. The van der Waals surface area contributed by atoms with Gasteiger partial charge in [0.05, 0.1) is 11.8 Å². The van der Waals surface area contributed by atoms with Crippen molar-refractivity contribution in [3.8, 4) is 5.75 Å². The Kier molecular flexibility index (Phi) is 10.1. The molecule has 1 aromatic carbocycles. The summed E-state index contributed by atoms with van der Waals surface area (Å²) >= 11 is 0. The van der Waals surface area contributed by atoms with E-state index in [1.54, 1.807) is 18.2 Å². The molecule has 242 valence electrons. The first kappa shape index (κ1) is 32.6. The highest BCUT2D eigenvalue weighted by Crippen LogP contribution is 2.69. The second-order valence-electron chi connectivity index (χ2n) is 16.2. The lowest BCUT2D eigenvalue weighted by atomic mass is 9.43. The van der Waals surface area contributed by atoms with Crippen LogP contribution >= 0.6 is 0 Å². The lowest BCUT2D eigenvalue weighted by Crippen LogP contribution is -2.54. The van der Waals surface area contributed by atoms with E-state index in [-0.39, 0.29) is 30.2 Å². The number of ether oxygens (including phenoxy) is 1. The number of rotatable bonds is 11. The fourth-order valence-corrected chi connectivity index (χ4v) is 11.1. The average Bonchev–Trinajstić information content (AvgIpc) is 3.32. The van der Waals surface area contributed by atoms with Gasteiger partial charge in [-0.15, -0.1) is 0 Å². The van der Waals surface area contributed by atoms with E-state index in [0.29, 0.717) is 34.5 Å². The maximum atomic E-state index is 12.6. The second kappa shape index (κ2) is 13.3. The molecule has 0 heterocycles. The summed E-state index contributed by atoms with van der Waals surface area (Å²) in [6.45, 7) is 12.6. The van der Waals surface area contributed by atoms with E-state index in [4.69, 9.17) is 21.1 Å². The maximum absolute atomic E-state index is 12.6. The van der Waals surface area contributed by atoms with Crippen molar-refractivity contribution >= 4 is 17.3 Å². The van der Waals surface area contributed by atoms with Gasteiger partial charge in [-0.05, 0) is 135 Å². The molecule has 4 saturated carbocycles. The number of fused-ring (bicyclic) bond motifs is 5. The molecule has 4 aliphatic rings. The average molecular weight is 597 g/mol. The summed E-state index contributed by atoms with van der Waals surface area (Å²) in [7, 11) is 0. The molecule has 0 amide bonds. The summed E-state index contributed by atoms with van der Waals surface area (Å²) in [5, 5.41) is 9.90. The highest BCUT2D eigenvalue weighted by Gasteiger charge is 2.60. The van der Waals surface area contributed by atoms with Gasteiger partial charge in [0.25, 0.3) is 0 Å². The zero-order chi connectivity index (χ0) is 30.9. The van der Waals surface area contributed by atoms with Crippen LogP contribution in [0.15, 0.2) is 18.2 Å². The van der Waals surface area contributed by atoms with Crippen molar-refractivity contribution in [1.82, 2.24) is 0 Å². The van der Waals surface area contributed by atoms with Crippen LogP contribution in [-0.2, 0) is 9.68 Å². The van der Waals surface area contributed by atoms with E-state index in [1.165, 1.54) is 64.2 Å². The second-order valence-corrected chi connectivity index (χ2v) is 16.2. The Hall–Kier alpha value is -1.79. The minimum Gasteiger partial charge on any atom is -0.424 e. The first-order valence-corrected chi connectivity index (χ1v) is 17.6. The summed E-state index contributed by atoms with van der Waals surface area (Å²) in [6, 6.07) is 4.89. The largest absolute Gasteiger partial charge is 0.424 e. The van der Waals surface area contributed by atoms with Crippen molar-refractivity contribution in [1.29, 1.82) is 0 Å². The Balaban J connectivity index is 1.17. The van der Waals surface area contributed by atoms with Crippen LogP contribution in [0.3, 0.4) is 0 Å². The van der Waals surface area contributed by atoms with Crippen molar-refractivity contribution in [2.75, 3.05) is 11.5 Å². The molecule has 0 spiro atoms. The van der Waals surface area contributed by atoms with Gasteiger partial charge in [-0.3, -0.25) is 10.1 Å². The fraction of sp³-hybridized carbons (Fsp3) is 0.811. The number of nitrogen functional groups attached to an aromatic ring is 2. The number of anilines is 2. The molecule has 43 heavy (non-hydrogen) atoms. The molecule has 1 aromatic rings. The monoisotopic (exact) mass is 596 g/mol. The van der Waals surface area contributed by atoms with E-state index in [1.807, 2.05) is 0 Å². The lowest BCUT2D eigenvalue weighted by Gasteiger charge is -2.61. The van der Waals surface area contributed by atoms with E-state index < -0.39 is 0 Å². The Bertz CT molecular complexity index is 1110. The van der Waals surface area contributed by atoms with Gasteiger partial charge in [-0.1, -0.05) is 53.9 Å². The Labute approximate surface area is 261 Å². The molecule has 4 fully saturated rings. The van der Waals surface area contributed by atoms with Crippen LogP contribution in [-0.4, -0.2) is 17.3 Å². The van der Waals surface area contributed by atoms with E-state index >= 15 is 0 Å². The van der Waals surface area contributed by atoms with Gasteiger partial charge in [0.2, 0.25) is 0 Å². The standard InChI is InChI=1S/C37H60N2O4/c1-23(2)7-6-8-24(3)29-12-13-30-28-11-9-26-21-25(17-19-36(26,4)31(28)18-20-37(29,30)5)33(43-41)15-16-35(40)42-34-22-27(38)10-14-32(34)39/h10,14,22-26,28-31,33,41H,6-9,11-13,15-21,38-39H2,1-5H3. The fourth-order valence-electron chi connectivity index (χ4n) is 11.1. The molecule has 6 nitrogen and oxygen atoms in total. The number of esters is 1. The van der Waals surface area contributed by atoms with Crippen LogP contribution < -0.4 is 16.2 Å². The predicted molar refractivity (Wildman–Crippen MR) is 174 cm³/mol. The topological polar surface area (TPSA) is 108 Å². The number of hydrogen-bond donors (Lipinski definition) is 3. The Morgan fingerprint density at radius 1 is 0.953 bits per heavy atom. The minimum atomic E-state index is -0.380. The van der Waals surface area contributed by atoms with Crippen molar-refractivity contribution in [2.45, 2.75) is 131 Å². The van der Waals surface area contributed by atoms with Gasteiger partial charge in [0.15, 0.2) is 5.75 Å². The zero-order valence-electron chi connectivity index (χ0n) is 27.7. The van der Waals surface area contributed by atoms with Gasteiger partial charge in [-0.2, -0.15) is 0 Å². The van der Waals surface area contributed by atoms with Gasteiger partial charge in [-0.25, -0.2) is 4.89 Å². The van der Waals surface area contributed by atoms with E-state index in [2.05, 4.69) is 34.6 Å². The van der Waals surface area contributed by atoms with Crippen molar-refractivity contribution in [3.05, 3.63) is 18.2 Å². The molecule has 0 saturated heterocycles. The quantitative estimate of drug-likeness (QED) is 0.0773. The highest BCUT2D eigenvalue weighted by molar-refractivity contribution is 5.75. The summed E-state index contributed by atoms with van der Waals surface area (Å²) in [5.74, 6) is 6.01. The number of carbonyl (C=O) groups is 1. The van der Waals surface area contributed by atoms with Crippen LogP contribution in [0, 0.1) is 58.2 Å². The number of nitrogens with two attached hydrogens (primary N) is 2. The molecule has 0 aliphatic heterocycles. The SMILES string of the molecule is CC(C)CCCC(C)C1CCC2C3CCC4CC(C(CCC(=O)Oc5cc(N)ccc5N)OO)CCC4(C)C3CCC12C. The predicted octanol–water partition coefficient (Wildman–Crippen LogP) is 9.13. The number of benzene rings is 1. The third-order valence-corrected chi connectivity index (χ3v) is 13.5. The number of carbonyl (C=O) groups excluding carboxylic acids is 1. The molecule has 0 radical (unpaired) electrons. The molecule has 5 N–H and O–H groups in total. The zero-order valence-corrected chi connectivity index (χ0v) is 27.7. The van der Waals surface area contributed by atoms with Crippen molar-refractivity contribution in [3.63, 3.8) is 0 Å². The van der Waals surface area contributed by atoms with Gasteiger partial charge in [0.1, 0.15) is 0 Å². The van der Waals surface area contributed by atoms with Gasteiger partial charge in [0, 0.05) is 18.2 Å². The molecular weight excluding hydrogens is 536 g/mol. The van der Waals surface area contributed by atoms with E-state index in [9.17, 15) is 10.1 Å². The molecule has 4 aliphatic carbocycles. The molecule has 10 unspecified atom stereocenters. The lowest BCUT2D eigenvalue weighted by molar-refractivity contribution is -0.297. The summed E-state index contributed by atoms with van der Waals surface area (Å²) in [4.78, 5) is 17.7. The van der Waals surface area contributed by atoms with Crippen LogP contribution in [0.2, 0.25) is 0 Å². The van der Waals surface area contributed by atoms with Gasteiger partial charge >= 0.3 is 5.97 Å². The minimum absolute atomic E-state index is 0.167. The summed E-state index contributed by atoms with van der Waals surface area (Å²) in [6.07, 6.45) is 16.1. The first-order valence-electron chi connectivity index (χ1n) is 17.6. The van der Waals surface area contributed by atoms with Crippen LogP contribution in [0.4, 0.5) is 11.4 Å². The molecule has 0 aromatic heterocycles. The Morgan fingerprint density at radius 3 is 2.44 bits per heavy atom. The third-order valence-electron chi connectivity index (χ3n) is 13.5. The van der Waals surface area contributed by atoms with Crippen molar-refractivity contribution in [2.24, 2.45) is 58.2 Å². The number of hydrogen-bond acceptors (Lipinski definition) is 6. The molecule has 0 bridgehead atoms. The molecule has 6 heteroatoms. The summed E-state index contributed by atoms with van der Waals surface area (Å²) < 4.78 is 5.48. The third kappa shape index (κ3) is 6.61. The maximum Gasteiger partial charge on any atom is 0.311 e. The summed E-state index contributed by atoms with van der Waals surface area (Å²) in [5.41, 5.74) is 13.6. The van der Waals surface area contributed by atoms with E-state index in [0.717, 1.165) is 48.3 Å². The molecule has 5 rings (SSSR count). The molecule has 10 atom stereocenters. The van der Waals surface area contributed by atoms with Crippen LogP contribution in [0.1, 0.15) is 125 Å². The van der Waals surface area contributed by atoms with Crippen LogP contribution in [0.5, 0.6) is 5.75 Å². The van der Waals surface area contributed by atoms with Crippen LogP contribution in [0.25, 0.3) is 0 Å². The smallest absolute Gasteiger partial charge is 0.311 e. The van der Waals surface area contributed by atoms with Crippen molar-refractivity contribution < 1.29 is 19.7 Å².